The number of pyridine rings is 1. The number of aromatic nitrogens is 2. The van der Waals surface area contributed by atoms with Crippen molar-refractivity contribution in [2.75, 3.05) is 19.1 Å². The van der Waals surface area contributed by atoms with Crippen LogP contribution in [0.3, 0.4) is 0 Å². The molecule has 0 saturated heterocycles. The van der Waals surface area contributed by atoms with Crippen LogP contribution in [0.15, 0.2) is 29.6 Å². The fourth-order valence-corrected chi connectivity index (χ4v) is 3.48. The van der Waals surface area contributed by atoms with Crippen molar-refractivity contribution >= 4 is 27.9 Å². The lowest BCUT2D eigenvalue weighted by atomic mass is 10.1. The molecule has 2 aromatic heterocycles. The van der Waals surface area contributed by atoms with Crippen LogP contribution < -0.4 is 4.90 Å². The molecule has 3 rings (SSSR count). The van der Waals surface area contributed by atoms with E-state index in [0.717, 1.165) is 33.0 Å². The van der Waals surface area contributed by atoms with Crippen LogP contribution in [0, 0.1) is 12.7 Å². The van der Waals surface area contributed by atoms with Gasteiger partial charge >= 0.3 is 0 Å². The van der Waals surface area contributed by atoms with Gasteiger partial charge in [0.1, 0.15) is 16.9 Å². The summed E-state index contributed by atoms with van der Waals surface area (Å²) < 4.78 is 19.0. The van der Waals surface area contributed by atoms with Gasteiger partial charge in [-0.15, -0.1) is 11.3 Å². The van der Waals surface area contributed by atoms with Crippen LogP contribution >= 0.6 is 11.3 Å². The van der Waals surface area contributed by atoms with Crippen LogP contribution in [-0.2, 0) is 11.3 Å². The summed E-state index contributed by atoms with van der Waals surface area (Å²) in [6.45, 7) is 4.57. The van der Waals surface area contributed by atoms with E-state index in [4.69, 9.17) is 4.74 Å². The zero-order valence-corrected chi connectivity index (χ0v) is 15.0. The molecular formula is C18H20FN3OS. The second-order valence-electron chi connectivity index (χ2n) is 5.86. The Kier molecular flexibility index (Phi) is 4.78. The normalized spacial score (nSPS) is 12.5. The standard InChI is InChI=1S/C18H20FN3OS/c1-11-7-17(15-8-13(19)5-6-16(15)20-11)22(3)9-14-10-24-18(21-14)12(2)23-4/h5-8,10,12H,9H2,1-4H3. The molecule has 0 spiro atoms. The van der Waals surface area contributed by atoms with Crippen molar-refractivity contribution in [3.63, 3.8) is 0 Å². The van der Waals surface area contributed by atoms with Crippen molar-refractivity contribution in [3.05, 3.63) is 51.9 Å². The molecule has 126 valence electrons. The summed E-state index contributed by atoms with van der Waals surface area (Å²) in [5.41, 5.74) is 3.62. The quantitative estimate of drug-likeness (QED) is 0.683. The SMILES string of the molecule is COC(C)c1nc(CN(C)c2cc(C)nc3ccc(F)cc23)cs1. The first-order valence-corrected chi connectivity index (χ1v) is 8.61. The molecule has 24 heavy (non-hydrogen) atoms. The van der Waals surface area contributed by atoms with E-state index in [1.54, 1.807) is 24.5 Å². The van der Waals surface area contributed by atoms with Crippen molar-refractivity contribution in [2.24, 2.45) is 0 Å². The molecule has 0 amide bonds. The van der Waals surface area contributed by atoms with Gasteiger partial charge in [0.2, 0.25) is 0 Å². The van der Waals surface area contributed by atoms with Gasteiger partial charge in [-0.2, -0.15) is 0 Å². The lowest BCUT2D eigenvalue weighted by Gasteiger charge is -2.20. The Balaban J connectivity index is 1.92. The number of benzene rings is 1. The number of hydrogen-bond donors (Lipinski definition) is 0. The van der Waals surface area contributed by atoms with Gasteiger partial charge in [0.05, 0.1) is 17.8 Å². The predicted octanol–water partition coefficient (Wildman–Crippen LogP) is 4.48. The third kappa shape index (κ3) is 3.39. The first-order chi connectivity index (χ1) is 11.5. The van der Waals surface area contributed by atoms with Crippen LogP contribution in [0.5, 0.6) is 0 Å². The van der Waals surface area contributed by atoms with E-state index in [2.05, 4.69) is 14.9 Å². The number of halogens is 1. The highest BCUT2D eigenvalue weighted by Gasteiger charge is 2.13. The highest BCUT2D eigenvalue weighted by Crippen LogP contribution is 2.28. The number of ether oxygens (including phenoxy) is 1. The zero-order chi connectivity index (χ0) is 17.3. The summed E-state index contributed by atoms with van der Waals surface area (Å²) in [5, 5.41) is 3.81. The minimum atomic E-state index is -0.257. The van der Waals surface area contributed by atoms with E-state index in [1.165, 1.54) is 12.1 Å². The molecule has 0 aliphatic carbocycles. The Labute approximate surface area is 144 Å². The number of rotatable bonds is 5. The largest absolute Gasteiger partial charge is 0.375 e. The molecule has 0 aliphatic heterocycles. The van der Waals surface area contributed by atoms with E-state index < -0.39 is 0 Å². The summed E-state index contributed by atoms with van der Waals surface area (Å²) >= 11 is 1.59. The van der Waals surface area contributed by atoms with E-state index in [1.807, 2.05) is 32.3 Å². The number of fused-ring (bicyclic) bond motifs is 1. The number of hydrogen-bond acceptors (Lipinski definition) is 5. The van der Waals surface area contributed by atoms with Gasteiger partial charge in [-0.05, 0) is 38.1 Å². The van der Waals surface area contributed by atoms with Crippen molar-refractivity contribution < 1.29 is 9.13 Å². The third-order valence-electron chi connectivity index (χ3n) is 3.96. The lowest BCUT2D eigenvalue weighted by Crippen LogP contribution is -2.17. The summed E-state index contributed by atoms with van der Waals surface area (Å²) in [6.07, 6.45) is -0.00727. The number of nitrogens with zero attached hydrogens (tertiary/aromatic N) is 3. The fourth-order valence-electron chi connectivity index (χ4n) is 2.64. The minimum Gasteiger partial charge on any atom is -0.375 e. The maximum Gasteiger partial charge on any atom is 0.124 e. The highest BCUT2D eigenvalue weighted by atomic mass is 32.1. The number of anilines is 1. The third-order valence-corrected chi connectivity index (χ3v) is 5.01. The van der Waals surface area contributed by atoms with Gasteiger partial charge in [-0.25, -0.2) is 9.37 Å². The molecule has 0 saturated carbocycles. The highest BCUT2D eigenvalue weighted by molar-refractivity contribution is 7.09. The monoisotopic (exact) mass is 345 g/mol. The molecule has 0 fully saturated rings. The maximum absolute atomic E-state index is 13.7. The molecule has 4 nitrogen and oxygen atoms in total. The van der Waals surface area contributed by atoms with Crippen LogP contribution in [0.25, 0.3) is 10.9 Å². The van der Waals surface area contributed by atoms with E-state index in [9.17, 15) is 4.39 Å². The first kappa shape index (κ1) is 16.8. The average Bonchev–Trinajstić information content (AvgIpc) is 3.02. The Bertz CT molecular complexity index is 865. The Morgan fingerprint density at radius 1 is 1.29 bits per heavy atom. The lowest BCUT2D eigenvalue weighted by molar-refractivity contribution is 0.119. The van der Waals surface area contributed by atoms with E-state index in [0.29, 0.717) is 6.54 Å². The van der Waals surface area contributed by atoms with Gasteiger partial charge in [-0.3, -0.25) is 4.98 Å². The molecule has 6 heteroatoms. The van der Waals surface area contributed by atoms with Crippen LogP contribution in [0.4, 0.5) is 10.1 Å². The molecule has 0 aliphatic rings. The van der Waals surface area contributed by atoms with Gasteiger partial charge in [0.15, 0.2) is 0 Å². The second-order valence-corrected chi connectivity index (χ2v) is 6.74. The topological polar surface area (TPSA) is 38.2 Å². The van der Waals surface area contributed by atoms with E-state index >= 15 is 0 Å². The number of thiazole rings is 1. The molecule has 0 bridgehead atoms. The number of methoxy groups -OCH3 is 1. The molecular weight excluding hydrogens is 325 g/mol. The first-order valence-electron chi connectivity index (χ1n) is 7.73. The second kappa shape index (κ2) is 6.83. The van der Waals surface area contributed by atoms with Crippen LogP contribution in [-0.4, -0.2) is 24.1 Å². The van der Waals surface area contributed by atoms with Crippen molar-refractivity contribution in [2.45, 2.75) is 26.5 Å². The summed E-state index contributed by atoms with van der Waals surface area (Å²) in [6, 6.07) is 6.67. The Morgan fingerprint density at radius 2 is 2.08 bits per heavy atom. The molecule has 1 unspecified atom stereocenters. The maximum atomic E-state index is 13.7. The van der Waals surface area contributed by atoms with Crippen LogP contribution in [0.1, 0.15) is 29.4 Å². The Morgan fingerprint density at radius 3 is 2.83 bits per heavy atom. The summed E-state index contributed by atoms with van der Waals surface area (Å²) in [7, 11) is 3.66. The van der Waals surface area contributed by atoms with Crippen molar-refractivity contribution in [3.8, 4) is 0 Å². The molecule has 3 aromatic rings. The van der Waals surface area contributed by atoms with Gasteiger partial charge in [0, 0.05) is 36.3 Å². The van der Waals surface area contributed by atoms with Gasteiger partial charge in [0.25, 0.3) is 0 Å². The summed E-state index contributed by atoms with van der Waals surface area (Å²) in [5.74, 6) is -0.257. The van der Waals surface area contributed by atoms with Gasteiger partial charge in [-0.1, -0.05) is 0 Å². The van der Waals surface area contributed by atoms with Gasteiger partial charge < -0.3 is 9.64 Å². The fraction of sp³-hybridized carbons (Fsp3) is 0.333. The minimum absolute atomic E-state index is 0.00727. The van der Waals surface area contributed by atoms with Crippen LogP contribution in [0.2, 0.25) is 0 Å². The average molecular weight is 345 g/mol. The van der Waals surface area contributed by atoms with E-state index in [-0.39, 0.29) is 11.9 Å². The molecule has 0 radical (unpaired) electrons. The van der Waals surface area contributed by atoms with Crippen molar-refractivity contribution in [1.82, 2.24) is 9.97 Å². The smallest absolute Gasteiger partial charge is 0.124 e. The Hall–Kier alpha value is -2.05. The molecule has 0 N–H and O–H groups in total. The summed E-state index contributed by atoms with van der Waals surface area (Å²) in [4.78, 5) is 11.2. The zero-order valence-electron chi connectivity index (χ0n) is 14.2. The molecule has 1 aromatic carbocycles. The predicted molar refractivity (Wildman–Crippen MR) is 96.1 cm³/mol. The van der Waals surface area contributed by atoms with Crippen molar-refractivity contribution in [1.29, 1.82) is 0 Å². The number of aryl methyl sites for hydroxylation is 1. The molecule has 2 heterocycles. The molecule has 1 atom stereocenters.